The van der Waals surface area contributed by atoms with Crippen LogP contribution in [0.3, 0.4) is 0 Å². The second-order valence-corrected chi connectivity index (χ2v) is 7.43. The van der Waals surface area contributed by atoms with Crippen molar-refractivity contribution in [3.05, 3.63) is 66.4 Å². The molecule has 4 aromatic rings. The van der Waals surface area contributed by atoms with Gasteiger partial charge in [-0.3, -0.25) is 0 Å². The molecular formula is C20H22N6S. The van der Waals surface area contributed by atoms with Crippen LogP contribution in [0.5, 0.6) is 0 Å². The van der Waals surface area contributed by atoms with Gasteiger partial charge in [-0.15, -0.1) is 5.10 Å². The number of nitrogens with one attached hydrogen (secondary N) is 1. The standard InChI is InChI=1S/C20H22N6S/c1-25-15-16(18-10-5-6-11-19(18)25)14-21-12-7-13-27-20-22-23-24-26(20)17-8-3-2-4-9-17/h2-6,8-11,15,21H,7,12-14H2,1H3. The van der Waals surface area contributed by atoms with Crippen molar-refractivity contribution in [3.8, 4) is 5.69 Å². The van der Waals surface area contributed by atoms with Crippen LogP contribution >= 0.6 is 11.8 Å². The fourth-order valence-electron chi connectivity index (χ4n) is 3.15. The largest absolute Gasteiger partial charge is 0.350 e. The number of tetrazole rings is 1. The highest BCUT2D eigenvalue weighted by Gasteiger charge is 2.08. The number of fused-ring (bicyclic) bond motifs is 1. The van der Waals surface area contributed by atoms with Gasteiger partial charge in [-0.1, -0.05) is 48.2 Å². The second kappa shape index (κ2) is 8.37. The van der Waals surface area contributed by atoms with Gasteiger partial charge in [0, 0.05) is 36.4 Å². The van der Waals surface area contributed by atoms with Gasteiger partial charge < -0.3 is 9.88 Å². The molecule has 0 saturated heterocycles. The van der Waals surface area contributed by atoms with Gasteiger partial charge in [-0.25, -0.2) is 0 Å². The van der Waals surface area contributed by atoms with Crippen LogP contribution in [0, 0.1) is 0 Å². The molecule has 0 aliphatic carbocycles. The highest BCUT2D eigenvalue weighted by molar-refractivity contribution is 7.99. The summed E-state index contributed by atoms with van der Waals surface area (Å²) in [6, 6.07) is 18.5. The van der Waals surface area contributed by atoms with E-state index in [2.05, 4.69) is 62.9 Å². The Morgan fingerprint density at radius 1 is 1.04 bits per heavy atom. The predicted molar refractivity (Wildman–Crippen MR) is 109 cm³/mol. The first-order valence-electron chi connectivity index (χ1n) is 9.03. The summed E-state index contributed by atoms with van der Waals surface area (Å²) in [6.07, 6.45) is 3.26. The van der Waals surface area contributed by atoms with Crippen LogP contribution in [-0.4, -0.2) is 37.1 Å². The van der Waals surface area contributed by atoms with Gasteiger partial charge in [-0.2, -0.15) is 4.68 Å². The molecule has 2 aromatic carbocycles. The minimum atomic E-state index is 0.829. The SMILES string of the molecule is Cn1cc(CNCCCSc2nnnn2-c2ccccc2)c2ccccc21. The molecule has 0 amide bonds. The third-order valence-corrected chi connectivity index (χ3v) is 5.47. The summed E-state index contributed by atoms with van der Waals surface area (Å²) in [4.78, 5) is 0. The smallest absolute Gasteiger partial charge is 0.214 e. The van der Waals surface area contributed by atoms with E-state index in [1.807, 2.05) is 30.3 Å². The number of hydrogen-bond donors (Lipinski definition) is 1. The quantitative estimate of drug-likeness (QED) is 0.376. The second-order valence-electron chi connectivity index (χ2n) is 6.37. The lowest BCUT2D eigenvalue weighted by molar-refractivity contribution is 0.679. The van der Waals surface area contributed by atoms with Gasteiger partial charge >= 0.3 is 0 Å². The van der Waals surface area contributed by atoms with Crippen molar-refractivity contribution in [1.29, 1.82) is 0 Å². The number of para-hydroxylation sites is 2. The lowest BCUT2D eigenvalue weighted by atomic mass is 10.2. The van der Waals surface area contributed by atoms with Gasteiger partial charge in [0.15, 0.2) is 0 Å². The molecule has 0 atom stereocenters. The van der Waals surface area contributed by atoms with E-state index < -0.39 is 0 Å². The maximum atomic E-state index is 4.14. The molecule has 7 heteroatoms. The van der Waals surface area contributed by atoms with Crippen LogP contribution in [-0.2, 0) is 13.6 Å². The number of rotatable bonds is 8. The zero-order valence-corrected chi connectivity index (χ0v) is 16.1. The van der Waals surface area contributed by atoms with Crippen molar-refractivity contribution < 1.29 is 0 Å². The Morgan fingerprint density at radius 2 is 1.85 bits per heavy atom. The number of aryl methyl sites for hydroxylation is 1. The van der Waals surface area contributed by atoms with E-state index in [1.165, 1.54) is 16.5 Å². The van der Waals surface area contributed by atoms with Crippen LogP contribution in [0.2, 0.25) is 0 Å². The summed E-state index contributed by atoms with van der Waals surface area (Å²) in [7, 11) is 2.10. The molecule has 0 saturated carbocycles. The third kappa shape index (κ3) is 4.04. The lowest BCUT2D eigenvalue weighted by Gasteiger charge is -2.05. The van der Waals surface area contributed by atoms with E-state index in [-0.39, 0.29) is 0 Å². The topological polar surface area (TPSA) is 60.6 Å². The van der Waals surface area contributed by atoms with Crippen LogP contribution in [0.1, 0.15) is 12.0 Å². The average Bonchev–Trinajstić information content (AvgIpc) is 3.30. The molecular weight excluding hydrogens is 356 g/mol. The predicted octanol–water partition coefficient (Wildman–Crippen LogP) is 3.43. The Kier molecular flexibility index (Phi) is 5.50. The molecule has 0 bridgehead atoms. The molecule has 138 valence electrons. The number of nitrogens with zero attached hydrogens (tertiary/aromatic N) is 5. The molecule has 0 spiro atoms. The summed E-state index contributed by atoms with van der Waals surface area (Å²) in [6.45, 7) is 1.84. The van der Waals surface area contributed by atoms with E-state index in [9.17, 15) is 0 Å². The van der Waals surface area contributed by atoms with Gasteiger partial charge in [0.05, 0.1) is 5.69 Å². The number of hydrogen-bond acceptors (Lipinski definition) is 5. The summed E-state index contributed by atoms with van der Waals surface area (Å²) in [5.41, 5.74) is 3.60. The van der Waals surface area contributed by atoms with Crippen molar-refractivity contribution in [3.63, 3.8) is 0 Å². The fraction of sp³-hybridized carbons (Fsp3) is 0.250. The van der Waals surface area contributed by atoms with Gasteiger partial charge in [0.25, 0.3) is 0 Å². The maximum absolute atomic E-state index is 4.14. The Balaban J connectivity index is 1.25. The van der Waals surface area contributed by atoms with Crippen molar-refractivity contribution in [2.75, 3.05) is 12.3 Å². The van der Waals surface area contributed by atoms with Gasteiger partial charge in [-0.05, 0) is 47.2 Å². The molecule has 2 aromatic heterocycles. The Bertz CT molecular complexity index is 1010. The van der Waals surface area contributed by atoms with Crippen LogP contribution in [0.4, 0.5) is 0 Å². The van der Waals surface area contributed by atoms with Crippen molar-refractivity contribution >= 4 is 22.7 Å². The van der Waals surface area contributed by atoms with Crippen LogP contribution < -0.4 is 5.32 Å². The van der Waals surface area contributed by atoms with E-state index >= 15 is 0 Å². The maximum Gasteiger partial charge on any atom is 0.214 e. The molecule has 0 unspecified atom stereocenters. The fourth-order valence-corrected chi connectivity index (χ4v) is 3.98. The minimum absolute atomic E-state index is 0.829. The lowest BCUT2D eigenvalue weighted by Crippen LogP contribution is -2.15. The molecule has 27 heavy (non-hydrogen) atoms. The van der Waals surface area contributed by atoms with Crippen LogP contribution in [0.15, 0.2) is 66.0 Å². The van der Waals surface area contributed by atoms with Crippen molar-refractivity contribution in [1.82, 2.24) is 30.1 Å². The number of benzene rings is 2. The van der Waals surface area contributed by atoms with Gasteiger partial charge in [0.1, 0.15) is 0 Å². The molecule has 0 aliphatic heterocycles. The summed E-state index contributed by atoms with van der Waals surface area (Å²) < 4.78 is 3.97. The molecule has 0 fully saturated rings. The molecule has 1 N–H and O–H groups in total. The first-order chi connectivity index (χ1) is 13.3. The molecule has 0 aliphatic rings. The first-order valence-corrected chi connectivity index (χ1v) is 10.0. The third-order valence-electron chi connectivity index (χ3n) is 4.47. The van der Waals surface area contributed by atoms with Gasteiger partial charge in [0.2, 0.25) is 5.16 Å². The molecule has 6 nitrogen and oxygen atoms in total. The summed E-state index contributed by atoms with van der Waals surface area (Å²) in [5.74, 6) is 0.968. The molecule has 2 heterocycles. The van der Waals surface area contributed by atoms with E-state index in [1.54, 1.807) is 16.4 Å². The monoisotopic (exact) mass is 378 g/mol. The first kappa shape index (κ1) is 17.8. The Hall–Kier alpha value is -2.64. The average molecular weight is 379 g/mol. The number of thioether (sulfide) groups is 1. The Morgan fingerprint density at radius 3 is 2.74 bits per heavy atom. The molecule has 0 radical (unpaired) electrons. The zero-order chi connectivity index (χ0) is 18.5. The summed E-state index contributed by atoms with van der Waals surface area (Å²) in [5, 5.41) is 17.7. The van der Waals surface area contributed by atoms with E-state index in [0.717, 1.165) is 36.1 Å². The Labute approximate surface area is 162 Å². The molecule has 4 rings (SSSR count). The van der Waals surface area contributed by atoms with E-state index in [4.69, 9.17) is 0 Å². The highest BCUT2D eigenvalue weighted by atomic mass is 32.2. The zero-order valence-electron chi connectivity index (χ0n) is 15.2. The van der Waals surface area contributed by atoms with Crippen molar-refractivity contribution in [2.24, 2.45) is 7.05 Å². The van der Waals surface area contributed by atoms with E-state index in [0.29, 0.717) is 0 Å². The number of aromatic nitrogens is 5. The normalized spacial score (nSPS) is 11.3. The van der Waals surface area contributed by atoms with Crippen LogP contribution in [0.25, 0.3) is 16.6 Å². The van der Waals surface area contributed by atoms with Crippen molar-refractivity contribution in [2.45, 2.75) is 18.1 Å². The highest BCUT2D eigenvalue weighted by Crippen LogP contribution is 2.20. The minimum Gasteiger partial charge on any atom is -0.350 e. The summed E-state index contributed by atoms with van der Waals surface area (Å²) >= 11 is 1.68.